The topological polar surface area (TPSA) is 96.8 Å². The lowest BCUT2D eigenvalue weighted by Crippen LogP contribution is -2.52. The molecule has 0 radical (unpaired) electrons. The average molecular weight is 364 g/mol. The van der Waals surface area contributed by atoms with E-state index in [9.17, 15) is 9.59 Å². The van der Waals surface area contributed by atoms with E-state index in [0.29, 0.717) is 36.6 Å². The van der Waals surface area contributed by atoms with Gasteiger partial charge in [0.25, 0.3) is 11.5 Å². The fourth-order valence-electron chi connectivity index (χ4n) is 3.37. The van der Waals surface area contributed by atoms with Gasteiger partial charge in [-0.3, -0.25) is 19.7 Å². The van der Waals surface area contributed by atoms with Gasteiger partial charge < -0.3 is 4.90 Å². The number of nitrogens with one attached hydrogen (secondary N) is 1. The molecule has 1 aliphatic heterocycles. The zero-order chi connectivity index (χ0) is 19.0. The lowest BCUT2D eigenvalue weighted by atomic mass is 9.98. The molecule has 0 saturated carbocycles. The number of amides is 1. The number of rotatable bonds is 4. The van der Waals surface area contributed by atoms with E-state index in [0.717, 1.165) is 11.3 Å². The van der Waals surface area contributed by atoms with Crippen LogP contribution in [-0.2, 0) is 6.54 Å². The molecule has 27 heavy (non-hydrogen) atoms. The van der Waals surface area contributed by atoms with Crippen molar-refractivity contribution in [2.45, 2.75) is 20.4 Å². The average Bonchev–Trinajstić information content (AvgIpc) is 2.98. The fourth-order valence-corrected chi connectivity index (χ4v) is 3.37. The monoisotopic (exact) mass is 364 g/mol. The molecule has 1 aliphatic rings. The first-order valence-corrected chi connectivity index (χ1v) is 8.82. The molecular weight excluding hydrogens is 344 g/mol. The molecule has 8 nitrogen and oxygen atoms in total. The summed E-state index contributed by atoms with van der Waals surface area (Å²) in [6.45, 7) is 5.36. The summed E-state index contributed by atoms with van der Waals surface area (Å²) in [5.74, 6) is 0.190. The molecule has 4 heterocycles. The van der Waals surface area contributed by atoms with Gasteiger partial charge in [-0.25, -0.2) is 4.68 Å². The van der Waals surface area contributed by atoms with Gasteiger partial charge in [-0.05, 0) is 32.0 Å². The maximum absolute atomic E-state index is 12.6. The number of pyridine rings is 1. The van der Waals surface area contributed by atoms with Crippen LogP contribution in [0.1, 0.15) is 21.7 Å². The highest BCUT2D eigenvalue weighted by atomic mass is 16.2. The minimum atomic E-state index is -0.144. The Balaban J connectivity index is 1.44. The number of carbonyl (C=O) groups is 1. The Kier molecular flexibility index (Phi) is 4.31. The summed E-state index contributed by atoms with van der Waals surface area (Å²) in [6, 6.07) is 6.97. The summed E-state index contributed by atoms with van der Waals surface area (Å²) in [4.78, 5) is 30.6. The summed E-state index contributed by atoms with van der Waals surface area (Å²) in [5.41, 5.74) is 3.56. The molecule has 1 amide bonds. The molecule has 138 valence electrons. The molecule has 1 saturated heterocycles. The normalized spacial score (nSPS) is 14.2. The van der Waals surface area contributed by atoms with Crippen LogP contribution < -0.4 is 5.56 Å². The van der Waals surface area contributed by atoms with Crippen molar-refractivity contribution in [3.8, 4) is 11.3 Å². The second-order valence-corrected chi connectivity index (χ2v) is 6.87. The Morgan fingerprint density at radius 1 is 1.26 bits per heavy atom. The van der Waals surface area contributed by atoms with Gasteiger partial charge >= 0.3 is 0 Å². The smallest absolute Gasteiger partial charge is 0.266 e. The Hall–Kier alpha value is -3.29. The van der Waals surface area contributed by atoms with Gasteiger partial charge in [0.2, 0.25) is 0 Å². The van der Waals surface area contributed by atoms with Gasteiger partial charge in [0, 0.05) is 48.7 Å². The van der Waals surface area contributed by atoms with Crippen molar-refractivity contribution in [1.29, 1.82) is 0 Å². The fraction of sp³-hybridized carbons (Fsp3) is 0.316. The number of aryl methyl sites for hydroxylation is 2. The van der Waals surface area contributed by atoms with Crippen LogP contribution in [0.15, 0.2) is 41.5 Å². The van der Waals surface area contributed by atoms with Crippen LogP contribution in [0.25, 0.3) is 11.3 Å². The van der Waals surface area contributed by atoms with E-state index in [2.05, 4.69) is 20.3 Å². The lowest BCUT2D eigenvalue weighted by molar-refractivity contribution is 0.0457. The first-order chi connectivity index (χ1) is 13.0. The summed E-state index contributed by atoms with van der Waals surface area (Å²) in [7, 11) is 0. The van der Waals surface area contributed by atoms with Gasteiger partial charge in [-0.2, -0.15) is 10.2 Å². The number of carbonyl (C=O) groups excluding carboxylic acids is 1. The Morgan fingerprint density at radius 3 is 2.74 bits per heavy atom. The summed E-state index contributed by atoms with van der Waals surface area (Å²) in [6.07, 6.45) is 3.42. The highest BCUT2D eigenvalue weighted by Gasteiger charge is 2.33. The van der Waals surface area contributed by atoms with Crippen LogP contribution in [0.2, 0.25) is 0 Å². The van der Waals surface area contributed by atoms with Crippen LogP contribution in [-0.4, -0.2) is 48.9 Å². The van der Waals surface area contributed by atoms with E-state index in [4.69, 9.17) is 0 Å². The summed E-state index contributed by atoms with van der Waals surface area (Å²) < 4.78 is 1.48. The SMILES string of the molecule is Cc1n[nH]c(C)c1C(=O)N1CC(Cn2nc(-c3cccnc3)ccc2=O)C1. The zero-order valence-electron chi connectivity index (χ0n) is 15.2. The lowest BCUT2D eigenvalue weighted by Gasteiger charge is -2.39. The van der Waals surface area contributed by atoms with Crippen LogP contribution in [0.4, 0.5) is 0 Å². The molecule has 0 atom stereocenters. The summed E-state index contributed by atoms with van der Waals surface area (Å²) >= 11 is 0. The van der Waals surface area contributed by atoms with E-state index >= 15 is 0 Å². The van der Waals surface area contributed by atoms with Crippen LogP contribution in [0, 0.1) is 19.8 Å². The van der Waals surface area contributed by atoms with Crippen molar-refractivity contribution in [3.63, 3.8) is 0 Å². The molecule has 0 aliphatic carbocycles. The third kappa shape index (κ3) is 3.25. The van der Waals surface area contributed by atoms with E-state index in [1.807, 2.05) is 26.0 Å². The van der Waals surface area contributed by atoms with E-state index in [-0.39, 0.29) is 17.4 Å². The molecule has 0 bridgehead atoms. The predicted octanol–water partition coefficient (Wildman–Crippen LogP) is 1.42. The Labute approximate surface area is 155 Å². The number of aromatic nitrogens is 5. The van der Waals surface area contributed by atoms with Crippen molar-refractivity contribution in [2.75, 3.05) is 13.1 Å². The number of hydrogen-bond donors (Lipinski definition) is 1. The maximum Gasteiger partial charge on any atom is 0.266 e. The highest BCUT2D eigenvalue weighted by Crippen LogP contribution is 2.22. The Bertz CT molecular complexity index is 1010. The number of likely N-dealkylation sites (tertiary alicyclic amines) is 1. The van der Waals surface area contributed by atoms with Crippen LogP contribution >= 0.6 is 0 Å². The molecule has 1 N–H and O–H groups in total. The molecule has 0 aromatic carbocycles. The van der Waals surface area contributed by atoms with Gasteiger partial charge in [-0.1, -0.05) is 0 Å². The molecule has 1 fully saturated rings. The van der Waals surface area contributed by atoms with Gasteiger partial charge in [-0.15, -0.1) is 0 Å². The molecule has 3 aromatic rings. The highest BCUT2D eigenvalue weighted by molar-refractivity contribution is 5.96. The second-order valence-electron chi connectivity index (χ2n) is 6.87. The van der Waals surface area contributed by atoms with Crippen LogP contribution in [0.5, 0.6) is 0 Å². The van der Waals surface area contributed by atoms with Crippen molar-refractivity contribution >= 4 is 5.91 Å². The molecule has 8 heteroatoms. The number of aromatic amines is 1. The quantitative estimate of drug-likeness (QED) is 0.755. The molecule has 0 spiro atoms. The second kappa shape index (κ2) is 6.79. The molecular formula is C19H20N6O2. The number of H-pyrrole nitrogens is 1. The minimum Gasteiger partial charge on any atom is -0.338 e. The van der Waals surface area contributed by atoms with Crippen molar-refractivity contribution in [3.05, 3.63) is 64.0 Å². The third-order valence-electron chi connectivity index (χ3n) is 4.84. The van der Waals surface area contributed by atoms with E-state index < -0.39 is 0 Å². The van der Waals surface area contributed by atoms with Crippen molar-refractivity contribution in [2.24, 2.45) is 5.92 Å². The van der Waals surface area contributed by atoms with Gasteiger partial charge in [0.05, 0.1) is 23.5 Å². The van der Waals surface area contributed by atoms with Crippen molar-refractivity contribution < 1.29 is 4.79 Å². The predicted molar refractivity (Wildman–Crippen MR) is 99.2 cm³/mol. The van der Waals surface area contributed by atoms with Crippen molar-refractivity contribution in [1.82, 2.24) is 29.9 Å². The molecule has 3 aromatic heterocycles. The van der Waals surface area contributed by atoms with Gasteiger partial charge in [0.1, 0.15) is 0 Å². The van der Waals surface area contributed by atoms with Crippen LogP contribution in [0.3, 0.4) is 0 Å². The van der Waals surface area contributed by atoms with E-state index in [1.54, 1.807) is 23.4 Å². The number of hydrogen-bond acceptors (Lipinski definition) is 5. The maximum atomic E-state index is 12.6. The standard InChI is InChI=1S/C19H20N6O2/c1-12-18(13(2)22-21-12)19(27)24-9-14(10-24)11-25-17(26)6-5-16(23-25)15-4-3-7-20-8-15/h3-8,14H,9-11H2,1-2H3,(H,21,22). The first-order valence-electron chi connectivity index (χ1n) is 8.82. The zero-order valence-corrected chi connectivity index (χ0v) is 15.2. The largest absolute Gasteiger partial charge is 0.338 e. The molecule has 4 rings (SSSR count). The third-order valence-corrected chi connectivity index (χ3v) is 4.84. The summed E-state index contributed by atoms with van der Waals surface area (Å²) in [5, 5.41) is 11.4. The first kappa shape index (κ1) is 17.1. The minimum absolute atomic E-state index is 0.0144. The van der Waals surface area contributed by atoms with Gasteiger partial charge in [0.15, 0.2) is 0 Å². The van der Waals surface area contributed by atoms with E-state index in [1.165, 1.54) is 10.7 Å². The Morgan fingerprint density at radius 2 is 2.07 bits per heavy atom. The number of nitrogens with zero attached hydrogens (tertiary/aromatic N) is 5. The molecule has 0 unspecified atom stereocenters.